The van der Waals surface area contributed by atoms with E-state index in [0.29, 0.717) is 11.1 Å². The third-order valence-corrected chi connectivity index (χ3v) is 5.34. The van der Waals surface area contributed by atoms with E-state index in [1.54, 1.807) is 24.3 Å². The normalized spacial score (nSPS) is 19.7. The zero-order chi connectivity index (χ0) is 18.6. The van der Waals surface area contributed by atoms with Crippen molar-refractivity contribution in [2.24, 2.45) is 0 Å². The summed E-state index contributed by atoms with van der Waals surface area (Å²) in [5.74, 6) is -0.624. The summed E-state index contributed by atoms with van der Waals surface area (Å²) in [6, 6.07) is 18.2. The molecule has 0 aliphatic carbocycles. The number of carbonyl (C=O) groups excluding carboxylic acids is 1. The fraction of sp³-hybridized carbons (Fsp3) is 0.409. The van der Waals surface area contributed by atoms with Crippen LogP contribution >= 0.6 is 0 Å². The Balaban J connectivity index is 1.89. The smallest absolute Gasteiger partial charge is 0.348 e. The van der Waals surface area contributed by atoms with E-state index in [-0.39, 0.29) is 12.1 Å². The molecule has 2 aromatic carbocycles. The predicted octanol–water partition coefficient (Wildman–Crippen LogP) is 3.34. The summed E-state index contributed by atoms with van der Waals surface area (Å²) < 4.78 is 5.80. The molecule has 0 radical (unpaired) electrons. The Kier molecular flexibility index (Phi) is 5.74. The summed E-state index contributed by atoms with van der Waals surface area (Å²) >= 11 is 0. The quantitative estimate of drug-likeness (QED) is 0.838. The van der Waals surface area contributed by atoms with Crippen molar-refractivity contribution in [3.63, 3.8) is 0 Å². The van der Waals surface area contributed by atoms with Crippen LogP contribution in [0, 0.1) is 0 Å². The van der Waals surface area contributed by atoms with Gasteiger partial charge in [0.2, 0.25) is 5.60 Å². The number of likely N-dealkylation sites (N-methyl/N-ethyl adjacent to an activating group) is 1. The first-order chi connectivity index (χ1) is 12.5. The number of carbonyl (C=O) groups is 1. The van der Waals surface area contributed by atoms with Crippen molar-refractivity contribution in [2.75, 3.05) is 13.6 Å². The van der Waals surface area contributed by atoms with E-state index in [9.17, 15) is 9.90 Å². The van der Waals surface area contributed by atoms with Gasteiger partial charge in [-0.3, -0.25) is 4.90 Å². The Morgan fingerprint density at radius 2 is 1.62 bits per heavy atom. The number of hydrogen-bond donors (Lipinski definition) is 1. The lowest BCUT2D eigenvalue weighted by Crippen LogP contribution is -2.48. The largest absolute Gasteiger partial charge is 0.458 e. The maximum atomic E-state index is 13.1. The number of aliphatic hydroxyl groups is 1. The monoisotopic (exact) mass is 353 g/mol. The molecular formula is C22H27NO3. The Hall–Kier alpha value is -2.17. The van der Waals surface area contributed by atoms with Gasteiger partial charge in [-0.15, -0.1) is 0 Å². The average Bonchev–Trinajstić information content (AvgIpc) is 2.69. The van der Waals surface area contributed by atoms with Crippen LogP contribution in [0.4, 0.5) is 0 Å². The molecule has 1 aliphatic heterocycles. The topological polar surface area (TPSA) is 49.8 Å². The average molecular weight is 353 g/mol. The highest BCUT2D eigenvalue weighted by Gasteiger charge is 2.43. The SMILES string of the molecule is C[C@H](OC(=O)C(O)(c1ccccc1)c1ccccc1)[C@H]1CCCCN1C. The molecule has 0 bridgehead atoms. The van der Waals surface area contributed by atoms with Crippen molar-refractivity contribution >= 4 is 5.97 Å². The van der Waals surface area contributed by atoms with Gasteiger partial charge in [0, 0.05) is 6.04 Å². The highest BCUT2D eigenvalue weighted by atomic mass is 16.6. The minimum Gasteiger partial charge on any atom is -0.458 e. The standard InChI is InChI=1S/C22H27NO3/c1-17(20-15-9-10-16-23(20)2)26-21(24)22(25,18-11-5-3-6-12-18)19-13-7-4-8-14-19/h3-8,11-14,17,20,25H,9-10,15-16H2,1-2H3/t17-,20+/m0/s1. The molecule has 4 heteroatoms. The number of ether oxygens (including phenoxy) is 1. The van der Waals surface area contributed by atoms with Crippen molar-refractivity contribution in [2.45, 2.75) is 43.9 Å². The highest BCUT2D eigenvalue weighted by Crippen LogP contribution is 2.32. The molecule has 0 amide bonds. The van der Waals surface area contributed by atoms with Gasteiger partial charge in [0.25, 0.3) is 0 Å². The lowest BCUT2D eigenvalue weighted by atomic mass is 9.86. The Morgan fingerprint density at radius 3 is 2.12 bits per heavy atom. The van der Waals surface area contributed by atoms with Gasteiger partial charge < -0.3 is 9.84 Å². The fourth-order valence-corrected chi connectivity index (χ4v) is 3.79. The summed E-state index contributed by atoms with van der Waals surface area (Å²) in [6.45, 7) is 2.93. The zero-order valence-electron chi connectivity index (χ0n) is 15.5. The van der Waals surface area contributed by atoms with Gasteiger partial charge in [0.1, 0.15) is 6.10 Å². The minimum absolute atomic E-state index is 0.184. The van der Waals surface area contributed by atoms with E-state index < -0.39 is 11.6 Å². The fourth-order valence-electron chi connectivity index (χ4n) is 3.79. The van der Waals surface area contributed by atoms with E-state index in [1.165, 1.54) is 6.42 Å². The molecule has 1 heterocycles. The van der Waals surface area contributed by atoms with Crippen LogP contribution in [0.5, 0.6) is 0 Å². The van der Waals surface area contributed by atoms with Crippen molar-refractivity contribution in [1.82, 2.24) is 4.90 Å². The van der Waals surface area contributed by atoms with Crippen molar-refractivity contribution in [3.8, 4) is 0 Å². The van der Waals surface area contributed by atoms with Crippen molar-refractivity contribution in [1.29, 1.82) is 0 Å². The minimum atomic E-state index is -1.82. The zero-order valence-corrected chi connectivity index (χ0v) is 15.5. The molecule has 4 nitrogen and oxygen atoms in total. The van der Waals surface area contributed by atoms with Gasteiger partial charge >= 0.3 is 5.97 Å². The Morgan fingerprint density at radius 1 is 1.08 bits per heavy atom. The lowest BCUT2D eigenvalue weighted by Gasteiger charge is -2.37. The van der Waals surface area contributed by atoms with E-state index in [0.717, 1.165) is 19.4 Å². The molecule has 1 saturated heterocycles. The van der Waals surface area contributed by atoms with Crippen LogP contribution in [-0.2, 0) is 15.1 Å². The van der Waals surface area contributed by atoms with E-state index >= 15 is 0 Å². The van der Waals surface area contributed by atoms with Gasteiger partial charge in [-0.05, 0) is 44.5 Å². The number of hydrogen-bond acceptors (Lipinski definition) is 4. The highest BCUT2D eigenvalue weighted by molar-refractivity contribution is 5.85. The summed E-state index contributed by atoms with van der Waals surface area (Å²) in [6.07, 6.45) is 3.02. The molecule has 3 rings (SSSR count). The van der Waals surface area contributed by atoms with Crippen LogP contribution in [0.15, 0.2) is 60.7 Å². The van der Waals surface area contributed by atoms with Gasteiger partial charge in [0.05, 0.1) is 0 Å². The molecule has 0 spiro atoms. The molecule has 0 aromatic heterocycles. The van der Waals surface area contributed by atoms with Crippen LogP contribution in [0.2, 0.25) is 0 Å². The number of piperidine rings is 1. The molecule has 2 atom stereocenters. The number of nitrogens with zero attached hydrogens (tertiary/aromatic N) is 1. The number of rotatable bonds is 5. The summed E-state index contributed by atoms with van der Waals surface area (Å²) in [5.41, 5.74) is -0.787. The number of likely N-dealkylation sites (tertiary alicyclic amines) is 1. The molecule has 0 unspecified atom stereocenters. The Bertz CT molecular complexity index is 677. The summed E-state index contributed by atoms with van der Waals surface area (Å²) in [4.78, 5) is 15.4. The second kappa shape index (κ2) is 8.02. The predicted molar refractivity (Wildman–Crippen MR) is 102 cm³/mol. The molecule has 1 fully saturated rings. The van der Waals surface area contributed by atoms with Crippen molar-refractivity contribution in [3.05, 3.63) is 71.8 Å². The second-order valence-electron chi connectivity index (χ2n) is 7.10. The van der Waals surface area contributed by atoms with E-state index in [2.05, 4.69) is 11.9 Å². The molecule has 138 valence electrons. The summed E-state index contributed by atoms with van der Waals surface area (Å²) in [7, 11) is 2.06. The first kappa shape index (κ1) is 18.6. The van der Waals surface area contributed by atoms with Crippen LogP contribution in [0.3, 0.4) is 0 Å². The lowest BCUT2D eigenvalue weighted by molar-refractivity contribution is -0.170. The van der Waals surface area contributed by atoms with Crippen LogP contribution in [-0.4, -0.2) is 41.7 Å². The summed E-state index contributed by atoms with van der Waals surface area (Å²) in [5, 5.41) is 11.4. The first-order valence-electron chi connectivity index (χ1n) is 9.28. The molecular weight excluding hydrogens is 326 g/mol. The van der Waals surface area contributed by atoms with Gasteiger partial charge in [0.15, 0.2) is 0 Å². The molecule has 0 saturated carbocycles. The van der Waals surface area contributed by atoms with Crippen LogP contribution in [0.25, 0.3) is 0 Å². The number of esters is 1. The van der Waals surface area contributed by atoms with E-state index in [1.807, 2.05) is 43.3 Å². The molecule has 26 heavy (non-hydrogen) atoms. The van der Waals surface area contributed by atoms with Crippen LogP contribution in [0.1, 0.15) is 37.3 Å². The number of benzene rings is 2. The van der Waals surface area contributed by atoms with Gasteiger partial charge in [-0.25, -0.2) is 4.79 Å². The van der Waals surface area contributed by atoms with Crippen molar-refractivity contribution < 1.29 is 14.6 Å². The third-order valence-electron chi connectivity index (χ3n) is 5.34. The molecule has 1 aliphatic rings. The maximum absolute atomic E-state index is 13.1. The van der Waals surface area contributed by atoms with E-state index in [4.69, 9.17) is 4.74 Å². The maximum Gasteiger partial charge on any atom is 0.348 e. The van der Waals surface area contributed by atoms with Gasteiger partial charge in [-0.2, -0.15) is 0 Å². The molecule has 2 aromatic rings. The van der Waals surface area contributed by atoms with Crippen LogP contribution < -0.4 is 0 Å². The molecule has 1 N–H and O–H groups in total. The second-order valence-corrected chi connectivity index (χ2v) is 7.10. The first-order valence-corrected chi connectivity index (χ1v) is 9.28. The Labute approximate surface area is 155 Å². The van der Waals surface area contributed by atoms with Gasteiger partial charge in [-0.1, -0.05) is 67.1 Å². The third kappa shape index (κ3) is 3.67.